The van der Waals surface area contributed by atoms with Crippen molar-refractivity contribution in [3.8, 4) is 11.5 Å². The first-order chi connectivity index (χ1) is 11.1. The lowest BCUT2D eigenvalue weighted by Gasteiger charge is -2.06. The fraction of sp³-hybridized carbons (Fsp3) is 0.0556. The van der Waals surface area contributed by atoms with Crippen LogP contribution in [-0.2, 0) is 9.53 Å². The van der Waals surface area contributed by atoms with Gasteiger partial charge in [-0.05, 0) is 41.5 Å². The molecular weight excluding hydrogens is 316 g/mol. The number of hydrogen-bond donors (Lipinski definition) is 1. The first-order valence-corrected chi connectivity index (χ1v) is 7.24. The maximum absolute atomic E-state index is 11.8. The van der Waals surface area contributed by atoms with Crippen LogP contribution >= 0.6 is 11.6 Å². The van der Waals surface area contributed by atoms with Gasteiger partial charge in [0.1, 0.15) is 22.3 Å². The van der Waals surface area contributed by atoms with E-state index in [1.165, 1.54) is 12.1 Å². The highest BCUT2D eigenvalue weighted by Crippen LogP contribution is 2.38. The van der Waals surface area contributed by atoms with E-state index in [9.17, 15) is 9.90 Å². The number of ether oxygens (including phenoxy) is 2. The van der Waals surface area contributed by atoms with E-state index in [0.29, 0.717) is 16.9 Å². The van der Waals surface area contributed by atoms with Crippen LogP contribution < -0.4 is 4.74 Å². The standard InChI is InChI=1S/C18H13ClO4/c1-22-14-8-2-11(3-9-14)10-15-16(17(19)18(21)23-15)12-4-6-13(20)7-5-12/h2-10,20H,1H3/b15-10-. The van der Waals surface area contributed by atoms with E-state index in [0.717, 1.165) is 11.3 Å². The van der Waals surface area contributed by atoms with Crippen LogP contribution in [0.5, 0.6) is 11.5 Å². The number of esters is 1. The highest BCUT2D eigenvalue weighted by molar-refractivity contribution is 6.46. The number of phenolic OH excluding ortho intramolecular Hbond substituents is 1. The lowest BCUT2D eigenvalue weighted by molar-refractivity contribution is -0.132. The van der Waals surface area contributed by atoms with Crippen molar-refractivity contribution in [2.45, 2.75) is 0 Å². The monoisotopic (exact) mass is 328 g/mol. The fourth-order valence-corrected chi connectivity index (χ4v) is 2.50. The number of hydrogen-bond acceptors (Lipinski definition) is 4. The summed E-state index contributed by atoms with van der Waals surface area (Å²) in [6.45, 7) is 0. The van der Waals surface area contributed by atoms with E-state index in [1.807, 2.05) is 24.3 Å². The van der Waals surface area contributed by atoms with Gasteiger partial charge in [-0.25, -0.2) is 4.79 Å². The second kappa shape index (κ2) is 6.18. The van der Waals surface area contributed by atoms with Crippen molar-refractivity contribution < 1.29 is 19.4 Å². The Kier molecular flexibility index (Phi) is 4.08. The molecule has 0 saturated carbocycles. The molecule has 0 radical (unpaired) electrons. The Morgan fingerprint density at radius 3 is 2.35 bits per heavy atom. The molecule has 0 atom stereocenters. The van der Waals surface area contributed by atoms with Crippen LogP contribution in [0.15, 0.2) is 59.3 Å². The lowest BCUT2D eigenvalue weighted by Crippen LogP contribution is -1.93. The molecule has 1 aliphatic heterocycles. The van der Waals surface area contributed by atoms with Crippen molar-refractivity contribution >= 4 is 29.2 Å². The number of carbonyl (C=O) groups is 1. The number of allylic oxidation sites excluding steroid dienone is 1. The first-order valence-electron chi connectivity index (χ1n) is 6.86. The van der Waals surface area contributed by atoms with E-state index in [4.69, 9.17) is 21.1 Å². The Hall–Kier alpha value is -2.72. The zero-order chi connectivity index (χ0) is 16.4. The van der Waals surface area contributed by atoms with Gasteiger partial charge in [0.15, 0.2) is 0 Å². The summed E-state index contributed by atoms with van der Waals surface area (Å²) in [5.41, 5.74) is 2.04. The van der Waals surface area contributed by atoms with E-state index in [2.05, 4.69) is 0 Å². The molecule has 0 saturated heterocycles. The van der Waals surface area contributed by atoms with Crippen LogP contribution in [0.3, 0.4) is 0 Å². The molecule has 3 rings (SSSR count). The Morgan fingerprint density at radius 1 is 1.09 bits per heavy atom. The van der Waals surface area contributed by atoms with E-state index in [1.54, 1.807) is 25.3 Å². The minimum Gasteiger partial charge on any atom is -0.508 e. The quantitative estimate of drug-likeness (QED) is 0.867. The summed E-state index contributed by atoms with van der Waals surface area (Å²) in [6, 6.07) is 13.7. The fourth-order valence-electron chi connectivity index (χ4n) is 2.26. The van der Waals surface area contributed by atoms with Gasteiger partial charge < -0.3 is 14.6 Å². The molecule has 0 aromatic heterocycles. The van der Waals surface area contributed by atoms with Gasteiger partial charge in [-0.15, -0.1) is 0 Å². The molecule has 1 aliphatic rings. The molecule has 4 nitrogen and oxygen atoms in total. The van der Waals surface area contributed by atoms with Gasteiger partial charge in [0.05, 0.1) is 12.7 Å². The second-order valence-electron chi connectivity index (χ2n) is 4.91. The van der Waals surface area contributed by atoms with Crippen LogP contribution in [0.4, 0.5) is 0 Å². The van der Waals surface area contributed by atoms with E-state index in [-0.39, 0.29) is 10.8 Å². The molecule has 2 aromatic rings. The third-order valence-corrected chi connectivity index (χ3v) is 3.76. The van der Waals surface area contributed by atoms with Crippen molar-refractivity contribution in [1.29, 1.82) is 0 Å². The van der Waals surface area contributed by atoms with Gasteiger partial charge in [-0.1, -0.05) is 35.9 Å². The van der Waals surface area contributed by atoms with Gasteiger partial charge in [-0.3, -0.25) is 0 Å². The summed E-state index contributed by atoms with van der Waals surface area (Å²) in [4.78, 5) is 11.8. The van der Waals surface area contributed by atoms with Crippen molar-refractivity contribution in [3.63, 3.8) is 0 Å². The molecule has 1 heterocycles. The van der Waals surface area contributed by atoms with E-state index < -0.39 is 5.97 Å². The van der Waals surface area contributed by atoms with Crippen LogP contribution in [0.25, 0.3) is 11.6 Å². The smallest absolute Gasteiger partial charge is 0.355 e. The largest absolute Gasteiger partial charge is 0.508 e. The normalized spacial score (nSPS) is 15.9. The number of phenols is 1. The Bertz CT molecular complexity index is 802. The Balaban J connectivity index is 2.02. The van der Waals surface area contributed by atoms with Crippen LogP contribution in [0, 0.1) is 0 Å². The summed E-state index contributed by atoms with van der Waals surface area (Å²) in [7, 11) is 1.59. The minimum atomic E-state index is -0.588. The summed E-state index contributed by atoms with van der Waals surface area (Å²) < 4.78 is 10.4. The molecule has 2 aromatic carbocycles. The van der Waals surface area contributed by atoms with Crippen LogP contribution in [0.1, 0.15) is 11.1 Å². The molecule has 1 N–H and O–H groups in total. The molecule has 0 amide bonds. The first kappa shape index (κ1) is 15.2. The number of carbonyl (C=O) groups excluding carboxylic acids is 1. The summed E-state index contributed by atoms with van der Waals surface area (Å²) >= 11 is 6.09. The average Bonchev–Trinajstić information content (AvgIpc) is 2.83. The second-order valence-corrected chi connectivity index (χ2v) is 5.29. The predicted molar refractivity (Wildman–Crippen MR) is 87.9 cm³/mol. The maximum atomic E-state index is 11.8. The van der Waals surface area contributed by atoms with Crippen LogP contribution in [0.2, 0.25) is 0 Å². The Morgan fingerprint density at radius 2 is 1.74 bits per heavy atom. The molecule has 0 unspecified atom stereocenters. The number of cyclic esters (lactones) is 1. The van der Waals surface area contributed by atoms with Crippen molar-refractivity contribution in [1.82, 2.24) is 0 Å². The van der Waals surface area contributed by atoms with Gasteiger partial charge >= 0.3 is 5.97 Å². The summed E-state index contributed by atoms with van der Waals surface area (Å²) in [5, 5.41) is 9.42. The summed E-state index contributed by atoms with van der Waals surface area (Å²) in [6.07, 6.45) is 1.73. The van der Waals surface area contributed by atoms with Crippen LogP contribution in [-0.4, -0.2) is 18.2 Å². The SMILES string of the molecule is COc1ccc(/C=C2\OC(=O)C(Cl)=C2c2ccc(O)cc2)cc1. The highest BCUT2D eigenvalue weighted by Gasteiger charge is 2.29. The molecule has 116 valence electrons. The molecule has 0 spiro atoms. The third kappa shape index (κ3) is 3.07. The Labute approximate surface area is 138 Å². The number of halogens is 1. The topological polar surface area (TPSA) is 55.8 Å². The molecular formula is C18H13ClO4. The minimum absolute atomic E-state index is 0.0236. The van der Waals surface area contributed by atoms with E-state index >= 15 is 0 Å². The average molecular weight is 329 g/mol. The van der Waals surface area contributed by atoms with Gasteiger partial charge in [0.2, 0.25) is 0 Å². The number of benzene rings is 2. The summed E-state index contributed by atoms with van der Waals surface area (Å²) in [5.74, 6) is 0.657. The van der Waals surface area contributed by atoms with Gasteiger partial charge in [-0.2, -0.15) is 0 Å². The highest BCUT2D eigenvalue weighted by atomic mass is 35.5. The molecule has 0 bridgehead atoms. The van der Waals surface area contributed by atoms with Gasteiger partial charge in [0.25, 0.3) is 0 Å². The number of rotatable bonds is 3. The van der Waals surface area contributed by atoms with Gasteiger partial charge in [0, 0.05) is 0 Å². The van der Waals surface area contributed by atoms with Crippen molar-refractivity contribution in [2.24, 2.45) is 0 Å². The molecule has 5 heteroatoms. The third-order valence-electron chi connectivity index (χ3n) is 3.42. The zero-order valence-electron chi connectivity index (χ0n) is 12.2. The van der Waals surface area contributed by atoms with Crippen molar-refractivity contribution in [2.75, 3.05) is 7.11 Å². The predicted octanol–water partition coefficient (Wildman–Crippen LogP) is 3.95. The molecule has 23 heavy (non-hydrogen) atoms. The lowest BCUT2D eigenvalue weighted by atomic mass is 10.0. The maximum Gasteiger partial charge on any atom is 0.355 e. The number of methoxy groups -OCH3 is 1. The zero-order valence-corrected chi connectivity index (χ0v) is 13.0. The molecule has 0 fully saturated rings. The molecule has 0 aliphatic carbocycles. The number of aromatic hydroxyl groups is 1. The van der Waals surface area contributed by atoms with Crippen molar-refractivity contribution in [3.05, 3.63) is 70.4 Å².